The van der Waals surface area contributed by atoms with Gasteiger partial charge in [0.1, 0.15) is 5.69 Å². The summed E-state index contributed by atoms with van der Waals surface area (Å²) in [5, 5.41) is 10.0. The lowest BCUT2D eigenvalue weighted by Crippen LogP contribution is -1.95. The summed E-state index contributed by atoms with van der Waals surface area (Å²) in [6, 6.07) is 9.42. The van der Waals surface area contributed by atoms with Gasteiger partial charge in [-0.2, -0.15) is 0 Å². The Kier molecular flexibility index (Phi) is 2.71. The predicted molar refractivity (Wildman–Crippen MR) is 77.4 cm³/mol. The second kappa shape index (κ2) is 4.28. The summed E-state index contributed by atoms with van der Waals surface area (Å²) in [7, 11) is 1.97. The molecule has 0 aliphatic heterocycles. The Labute approximate surface area is 117 Å². The molecule has 0 atom stereocenters. The molecule has 0 saturated carbocycles. The largest absolute Gasteiger partial charge is 0.477 e. The van der Waals surface area contributed by atoms with Crippen molar-refractivity contribution < 1.29 is 9.90 Å². The molecule has 0 radical (unpaired) electrons. The molecule has 0 aliphatic carbocycles. The van der Waals surface area contributed by atoms with Gasteiger partial charge in [0.05, 0.1) is 0 Å². The molecule has 0 unspecified atom stereocenters. The summed E-state index contributed by atoms with van der Waals surface area (Å²) in [6.07, 6.45) is 1.99. The van der Waals surface area contributed by atoms with Gasteiger partial charge in [0.25, 0.3) is 0 Å². The van der Waals surface area contributed by atoms with Crippen molar-refractivity contribution in [1.29, 1.82) is 0 Å². The summed E-state index contributed by atoms with van der Waals surface area (Å²) in [5.41, 5.74) is 3.10. The number of rotatable bonds is 2. The first-order valence-electron chi connectivity index (χ1n) is 5.73. The Morgan fingerprint density at radius 1 is 1.32 bits per heavy atom. The standard InChI is InChI=1S/C14H11BrN2O2/c1-17-7-10(9-3-2-8(15)6-13(9)17)11-4-5-12(16-11)14(18)19/h2-7,16H,1H3,(H,18,19). The minimum Gasteiger partial charge on any atom is -0.477 e. The zero-order valence-corrected chi connectivity index (χ0v) is 11.7. The summed E-state index contributed by atoms with van der Waals surface area (Å²) < 4.78 is 3.04. The number of carboxylic acids is 1. The van der Waals surface area contributed by atoms with Crippen molar-refractivity contribution in [3.8, 4) is 11.3 Å². The Hall–Kier alpha value is -2.01. The highest BCUT2D eigenvalue weighted by Gasteiger charge is 2.12. The third-order valence-electron chi connectivity index (χ3n) is 3.16. The van der Waals surface area contributed by atoms with Gasteiger partial charge in [0, 0.05) is 39.9 Å². The highest BCUT2D eigenvalue weighted by atomic mass is 79.9. The highest BCUT2D eigenvalue weighted by molar-refractivity contribution is 9.10. The first-order valence-corrected chi connectivity index (χ1v) is 6.53. The van der Waals surface area contributed by atoms with Crippen LogP contribution in [0.5, 0.6) is 0 Å². The van der Waals surface area contributed by atoms with Crippen LogP contribution in [0, 0.1) is 0 Å². The molecule has 3 rings (SSSR count). The smallest absolute Gasteiger partial charge is 0.352 e. The molecular formula is C14H11BrN2O2. The lowest BCUT2D eigenvalue weighted by Gasteiger charge is -1.97. The topological polar surface area (TPSA) is 58.0 Å². The van der Waals surface area contributed by atoms with Gasteiger partial charge in [-0.3, -0.25) is 0 Å². The summed E-state index contributed by atoms with van der Waals surface area (Å²) >= 11 is 3.46. The van der Waals surface area contributed by atoms with Gasteiger partial charge in [-0.05, 0) is 24.3 Å². The fourth-order valence-electron chi connectivity index (χ4n) is 2.25. The van der Waals surface area contributed by atoms with E-state index in [1.54, 1.807) is 12.1 Å². The molecule has 0 bridgehead atoms. The SMILES string of the molecule is Cn1cc(-c2ccc(C(=O)O)[nH]2)c2ccc(Br)cc21. The monoisotopic (exact) mass is 318 g/mol. The van der Waals surface area contributed by atoms with Gasteiger partial charge in [-0.1, -0.05) is 22.0 Å². The van der Waals surface area contributed by atoms with E-state index in [2.05, 4.69) is 20.9 Å². The highest BCUT2D eigenvalue weighted by Crippen LogP contribution is 2.31. The van der Waals surface area contributed by atoms with Crippen LogP contribution in [-0.2, 0) is 7.05 Å². The fraction of sp³-hybridized carbons (Fsp3) is 0.0714. The van der Waals surface area contributed by atoms with E-state index >= 15 is 0 Å². The second-order valence-electron chi connectivity index (χ2n) is 4.41. The number of nitrogens with zero attached hydrogens (tertiary/aromatic N) is 1. The number of aryl methyl sites for hydroxylation is 1. The number of fused-ring (bicyclic) bond motifs is 1. The summed E-state index contributed by atoms with van der Waals surface area (Å²) in [5.74, 6) is -0.950. The maximum atomic E-state index is 10.9. The fourth-order valence-corrected chi connectivity index (χ4v) is 2.60. The zero-order valence-electron chi connectivity index (χ0n) is 10.1. The number of nitrogens with one attached hydrogen (secondary N) is 1. The van der Waals surface area contributed by atoms with Crippen LogP contribution in [0.1, 0.15) is 10.5 Å². The Morgan fingerprint density at radius 2 is 2.11 bits per heavy atom. The lowest BCUT2D eigenvalue weighted by molar-refractivity contribution is 0.0691. The molecule has 1 aromatic carbocycles. The maximum Gasteiger partial charge on any atom is 0.352 e. The Bertz CT molecular complexity index is 786. The van der Waals surface area contributed by atoms with Gasteiger partial charge in [0.15, 0.2) is 0 Å². The van der Waals surface area contributed by atoms with Crippen molar-refractivity contribution in [2.24, 2.45) is 7.05 Å². The van der Waals surface area contributed by atoms with E-state index in [1.807, 2.05) is 36.0 Å². The molecule has 2 aromatic heterocycles. The predicted octanol–water partition coefficient (Wildman–Crippen LogP) is 3.63. The van der Waals surface area contributed by atoms with E-state index < -0.39 is 5.97 Å². The third kappa shape index (κ3) is 1.96. The number of carboxylic acid groups (broad SMARTS) is 1. The van der Waals surface area contributed by atoms with Crippen molar-refractivity contribution in [3.05, 3.63) is 46.7 Å². The molecule has 3 aromatic rings. The summed E-state index contributed by atoms with van der Waals surface area (Å²) in [4.78, 5) is 13.8. The maximum absolute atomic E-state index is 10.9. The average molecular weight is 319 g/mol. The van der Waals surface area contributed by atoms with Gasteiger partial charge < -0.3 is 14.7 Å². The lowest BCUT2D eigenvalue weighted by atomic mass is 10.1. The first kappa shape index (κ1) is 12.0. The van der Waals surface area contributed by atoms with E-state index in [0.717, 1.165) is 26.6 Å². The molecule has 96 valence electrons. The third-order valence-corrected chi connectivity index (χ3v) is 3.65. The van der Waals surface area contributed by atoms with Crippen LogP contribution in [-0.4, -0.2) is 20.6 Å². The number of hydrogen-bond donors (Lipinski definition) is 2. The van der Waals surface area contributed by atoms with E-state index in [4.69, 9.17) is 5.11 Å². The number of H-pyrrole nitrogens is 1. The van der Waals surface area contributed by atoms with Crippen LogP contribution in [0.2, 0.25) is 0 Å². The van der Waals surface area contributed by atoms with Crippen molar-refractivity contribution in [2.45, 2.75) is 0 Å². The van der Waals surface area contributed by atoms with Crippen molar-refractivity contribution in [2.75, 3.05) is 0 Å². The van der Waals surface area contributed by atoms with Gasteiger partial charge in [-0.15, -0.1) is 0 Å². The Balaban J connectivity index is 2.22. The molecule has 2 heterocycles. The van der Waals surface area contributed by atoms with Crippen LogP contribution in [0.4, 0.5) is 0 Å². The number of hydrogen-bond acceptors (Lipinski definition) is 1. The second-order valence-corrected chi connectivity index (χ2v) is 5.32. The van der Waals surface area contributed by atoms with E-state index in [0.29, 0.717) is 0 Å². The van der Waals surface area contributed by atoms with E-state index in [1.165, 1.54) is 0 Å². The zero-order chi connectivity index (χ0) is 13.6. The molecule has 19 heavy (non-hydrogen) atoms. The molecule has 2 N–H and O–H groups in total. The number of halogens is 1. The molecule has 0 saturated heterocycles. The molecule has 5 heteroatoms. The van der Waals surface area contributed by atoms with E-state index in [-0.39, 0.29) is 5.69 Å². The summed E-state index contributed by atoms with van der Waals surface area (Å²) in [6.45, 7) is 0. The van der Waals surface area contributed by atoms with Crippen LogP contribution in [0.15, 0.2) is 41.0 Å². The average Bonchev–Trinajstić information content (AvgIpc) is 2.95. The Morgan fingerprint density at radius 3 is 2.79 bits per heavy atom. The van der Waals surface area contributed by atoms with Gasteiger partial charge in [-0.25, -0.2) is 4.79 Å². The van der Waals surface area contributed by atoms with E-state index in [9.17, 15) is 4.79 Å². The van der Waals surface area contributed by atoms with Crippen LogP contribution in [0.25, 0.3) is 22.2 Å². The number of aromatic amines is 1. The van der Waals surface area contributed by atoms with Crippen molar-refractivity contribution in [3.63, 3.8) is 0 Å². The molecule has 0 amide bonds. The number of aromatic nitrogens is 2. The van der Waals surface area contributed by atoms with Gasteiger partial charge in [0.2, 0.25) is 0 Å². The molecule has 0 aliphatic rings. The molecular weight excluding hydrogens is 308 g/mol. The molecule has 4 nitrogen and oxygen atoms in total. The quantitative estimate of drug-likeness (QED) is 0.758. The number of carbonyl (C=O) groups is 1. The minimum atomic E-state index is -0.950. The normalized spacial score (nSPS) is 11.1. The minimum absolute atomic E-state index is 0.198. The number of aromatic carboxylic acids is 1. The van der Waals surface area contributed by atoms with Crippen molar-refractivity contribution in [1.82, 2.24) is 9.55 Å². The van der Waals surface area contributed by atoms with Crippen LogP contribution >= 0.6 is 15.9 Å². The first-order chi connectivity index (χ1) is 9.06. The molecule has 0 fully saturated rings. The van der Waals surface area contributed by atoms with Crippen molar-refractivity contribution >= 4 is 32.8 Å². The van der Waals surface area contributed by atoms with Crippen LogP contribution < -0.4 is 0 Å². The molecule has 0 spiro atoms. The number of benzene rings is 1. The van der Waals surface area contributed by atoms with Gasteiger partial charge >= 0.3 is 5.97 Å². The van der Waals surface area contributed by atoms with Crippen LogP contribution in [0.3, 0.4) is 0 Å².